The average molecular weight is 484 g/mol. The third-order valence-electron chi connectivity index (χ3n) is 3.76. The van der Waals surface area contributed by atoms with E-state index in [1.165, 1.54) is 12.1 Å². The van der Waals surface area contributed by atoms with Crippen LogP contribution >= 0.6 is 23.2 Å². The number of hydrogen-bond donors (Lipinski definition) is 1. The first kappa shape index (κ1) is 24.0. The van der Waals surface area contributed by atoms with E-state index in [2.05, 4.69) is 0 Å². The topological polar surface area (TPSA) is 89.5 Å². The van der Waals surface area contributed by atoms with Crippen LogP contribution in [-0.4, -0.2) is 32.7 Å². The highest BCUT2D eigenvalue weighted by Crippen LogP contribution is 2.36. The zero-order chi connectivity index (χ0) is 22.9. The standard InChI is InChI=1S/C18H14Cl2F3NO5S/c1-9(16(25)24-14-6-4-11(19)8-12(14)18(21,22)23)29-17(26)10-3-5-13(20)15(7-10)30(2,27)28/h3-9H,1-2H3,(H,24,25). The molecule has 162 valence electrons. The van der Waals surface area contributed by atoms with Crippen molar-refractivity contribution in [3.63, 3.8) is 0 Å². The predicted octanol–water partition coefficient (Wildman–Crippen LogP) is 4.60. The van der Waals surface area contributed by atoms with Crippen LogP contribution in [0.3, 0.4) is 0 Å². The number of benzene rings is 2. The summed E-state index contributed by atoms with van der Waals surface area (Å²) in [5, 5.41) is 1.75. The van der Waals surface area contributed by atoms with Crippen molar-refractivity contribution in [1.29, 1.82) is 0 Å². The molecule has 0 aromatic heterocycles. The van der Waals surface area contributed by atoms with Crippen LogP contribution in [0.1, 0.15) is 22.8 Å². The number of nitrogens with one attached hydrogen (secondary N) is 1. The van der Waals surface area contributed by atoms with E-state index in [9.17, 15) is 31.2 Å². The molecule has 0 aliphatic heterocycles. The first-order chi connectivity index (χ1) is 13.7. The van der Waals surface area contributed by atoms with Crippen molar-refractivity contribution in [2.45, 2.75) is 24.1 Å². The Labute approximate surface area is 179 Å². The van der Waals surface area contributed by atoms with Crippen molar-refractivity contribution in [2.75, 3.05) is 11.6 Å². The summed E-state index contributed by atoms with van der Waals surface area (Å²) in [6, 6.07) is 6.10. The number of sulfone groups is 1. The van der Waals surface area contributed by atoms with Gasteiger partial charge in [0.05, 0.1) is 26.7 Å². The van der Waals surface area contributed by atoms with Gasteiger partial charge in [-0.3, -0.25) is 4.79 Å². The maximum absolute atomic E-state index is 13.1. The second-order valence-electron chi connectivity index (χ2n) is 6.14. The largest absolute Gasteiger partial charge is 0.449 e. The van der Waals surface area contributed by atoms with E-state index in [1.54, 1.807) is 0 Å². The lowest BCUT2D eigenvalue weighted by Crippen LogP contribution is -2.30. The molecule has 2 aromatic carbocycles. The van der Waals surface area contributed by atoms with Crippen LogP contribution in [0.4, 0.5) is 18.9 Å². The van der Waals surface area contributed by atoms with E-state index in [1.807, 2.05) is 5.32 Å². The van der Waals surface area contributed by atoms with Crippen molar-refractivity contribution in [3.8, 4) is 0 Å². The summed E-state index contributed by atoms with van der Waals surface area (Å²) in [5.74, 6) is -2.10. The van der Waals surface area contributed by atoms with Crippen LogP contribution in [0.2, 0.25) is 10.0 Å². The Morgan fingerprint density at radius 1 is 1.10 bits per heavy atom. The quantitative estimate of drug-likeness (QED) is 0.627. The lowest BCUT2D eigenvalue weighted by atomic mass is 10.1. The van der Waals surface area contributed by atoms with Gasteiger partial charge in [-0.15, -0.1) is 0 Å². The lowest BCUT2D eigenvalue weighted by molar-refractivity contribution is -0.137. The summed E-state index contributed by atoms with van der Waals surface area (Å²) in [6.45, 7) is 1.14. The number of anilines is 1. The Balaban J connectivity index is 2.19. The number of amides is 1. The molecule has 0 aliphatic carbocycles. The minimum Gasteiger partial charge on any atom is -0.449 e. The van der Waals surface area contributed by atoms with E-state index in [0.717, 1.165) is 31.4 Å². The Hall–Kier alpha value is -2.30. The molecule has 0 radical (unpaired) electrons. The van der Waals surface area contributed by atoms with Crippen LogP contribution in [-0.2, 0) is 25.5 Å². The van der Waals surface area contributed by atoms with Gasteiger partial charge >= 0.3 is 12.1 Å². The lowest BCUT2D eigenvalue weighted by Gasteiger charge is -2.17. The van der Waals surface area contributed by atoms with Crippen molar-refractivity contribution in [1.82, 2.24) is 0 Å². The second-order valence-corrected chi connectivity index (χ2v) is 8.97. The molecule has 0 spiro atoms. The second kappa shape index (κ2) is 8.83. The number of rotatable bonds is 5. The zero-order valence-electron chi connectivity index (χ0n) is 15.4. The van der Waals surface area contributed by atoms with E-state index < -0.39 is 45.2 Å². The molecule has 1 amide bonds. The van der Waals surface area contributed by atoms with Gasteiger partial charge in [0.25, 0.3) is 5.91 Å². The van der Waals surface area contributed by atoms with Gasteiger partial charge < -0.3 is 10.1 Å². The fraction of sp³-hybridized carbons (Fsp3) is 0.222. The highest BCUT2D eigenvalue weighted by Gasteiger charge is 2.34. The SMILES string of the molecule is CC(OC(=O)c1ccc(Cl)c(S(C)(=O)=O)c1)C(=O)Nc1ccc(Cl)cc1C(F)(F)F. The van der Waals surface area contributed by atoms with Crippen LogP contribution in [0.5, 0.6) is 0 Å². The fourth-order valence-corrected chi connectivity index (χ4v) is 3.76. The minimum absolute atomic E-state index is 0.109. The molecular formula is C18H14Cl2F3NO5S. The third-order valence-corrected chi connectivity index (χ3v) is 5.58. The van der Waals surface area contributed by atoms with Gasteiger partial charge in [0.1, 0.15) is 0 Å². The van der Waals surface area contributed by atoms with Gasteiger partial charge in [-0.05, 0) is 43.3 Å². The first-order valence-electron chi connectivity index (χ1n) is 8.08. The molecule has 12 heteroatoms. The van der Waals surface area contributed by atoms with E-state index in [-0.39, 0.29) is 20.5 Å². The van der Waals surface area contributed by atoms with E-state index in [4.69, 9.17) is 27.9 Å². The Morgan fingerprint density at radius 2 is 1.73 bits per heavy atom. The van der Waals surface area contributed by atoms with Gasteiger partial charge in [-0.2, -0.15) is 13.2 Å². The van der Waals surface area contributed by atoms with Crippen LogP contribution in [0.15, 0.2) is 41.3 Å². The fourth-order valence-electron chi connectivity index (χ4n) is 2.29. The molecule has 1 unspecified atom stereocenters. The Morgan fingerprint density at radius 3 is 2.30 bits per heavy atom. The summed E-state index contributed by atoms with van der Waals surface area (Å²) >= 11 is 11.4. The van der Waals surface area contributed by atoms with Crippen molar-refractivity contribution < 1.29 is 35.9 Å². The van der Waals surface area contributed by atoms with Gasteiger partial charge in [0.2, 0.25) is 0 Å². The number of esters is 1. The van der Waals surface area contributed by atoms with E-state index in [0.29, 0.717) is 6.07 Å². The summed E-state index contributed by atoms with van der Waals surface area (Å²) in [5.41, 5.74) is -1.94. The zero-order valence-corrected chi connectivity index (χ0v) is 17.7. The maximum Gasteiger partial charge on any atom is 0.418 e. The maximum atomic E-state index is 13.1. The smallest absolute Gasteiger partial charge is 0.418 e. The number of carbonyl (C=O) groups excluding carboxylic acids is 2. The van der Waals surface area contributed by atoms with Crippen molar-refractivity contribution in [2.24, 2.45) is 0 Å². The summed E-state index contributed by atoms with van der Waals surface area (Å²) in [7, 11) is -3.73. The van der Waals surface area contributed by atoms with Crippen molar-refractivity contribution >= 4 is 50.6 Å². The van der Waals surface area contributed by atoms with Crippen LogP contribution in [0.25, 0.3) is 0 Å². The Bertz CT molecular complexity index is 1100. The molecule has 1 atom stereocenters. The monoisotopic (exact) mass is 483 g/mol. The van der Waals surface area contributed by atoms with Gasteiger partial charge in [-0.25, -0.2) is 13.2 Å². The third kappa shape index (κ3) is 5.87. The molecule has 2 rings (SSSR count). The number of ether oxygens (including phenoxy) is 1. The average Bonchev–Trinajstić information content (AvgIpc) is 2.61. The molecule has 0 bridgehead atoms. The number of carbonyl (C=O) groups is 2. The van der Waals surface area contributed by atoms with Gasteiger partial charge in [0, 0.05) is 11.3 Å². The van der Waals surface area contributed by atoms with Gasteiger partial charge in [-0.1, -0.05) is 23.2 Å². The normalized spacial score (nSPS) is 12.9. The van der Waals surface area contributed by atoms with Crippen LogP contribution < -0.4 is 5.32 Å². The molecule has 2 aromatic rings. The molecular weight excluding hydrogens is 470 g/mol. The first-order valence-corrected chi connectivity index (χ1v) is 10.7. The summed E-state index contributed by atoms with van der Waals surface area (Å²) in [6.07, 6.45) is -5.38. The molecule has 0 aliphatic rings. The number of hydrogen-bond acceptors (Lipinski definition) is 5. The van der Waals surface area contributed by atoms with Crippen LogP contribution in [0, 0.1) is 0 Å². The Kier molecular flexibility index (Phi) is 7.05. The minimum atomic E-state index is -4.78. The molecule has 0 saturated carbocycles. The highest BCUT2D eigenvalue weighted by atomic mass is 35.5. The van der Waals surface area contributed by atoms with Crippen molar-refractivity contribution in [3.05, 3.63) is 57.6 Å². The summed E-state index contributed by atoms with van der Waals surface area (Å²) < 4.78 is 67.7. The molecule has 0 fully saturated rings. The highest BCUT2D eigenvalue weighted by molar-refractivity contribution is 7.90. The van der Waals surface area contributed by atoms with Gasteiger partial charge in [0.15, 0.2) is 15.9 Å². The summed E-state index contributed by atoms with van der Waals surface area (Å²) in [4.78, 5) is 24.1. The van der Waals surface area contributed by atoms with E-state index >= 15 is 0 Å². The molecule has 0 heterocycles. The molecule has 30 heavy (non-hydrogen) atoms. The number of alkyl halides is 3. The molecule has 0 saturated heterocycles. The number of halogens is 5. The molecule has 1 N–H and O–H groups in total. The predicted molar refractivity (Wildman–Crippen MR) is 105 cm³/mol. The molecule has 6 nitrogen and oxygen atoms in total.